The standard InChI is InChI=1S/C12H14FN5O2S/c13-9-4-8(5-10(14)6-9)12-15-16-17-18(12)7-11-2-1-3-21(11,19)20/h4-6,11H,1-3,7,14H2. The fourth-order valence-electron chi connectivity index (χ4n) is 2.53. The first-order chi connectivity index (χ1) is 9.95. The van der Waals surface area contributed by atoms with Gasteiger partial charge in [-0.3, -0.25) is 0 Å². The molecule has 0 saturated carbocycles. The number of rotatable bonds is 3. The van der Waals surface area contributed by atoms with E-state index in [0.717, 1.165) is 0 Å². The van der Waals surface area contributed by atoms with E-state index in [9.17, 15) is 12.8 Å². The Morgan fingerprint density at radius 2 is 2.19 bits per heavy atom. The number of nitrogens with two attached hydrogens (primary N) is 1. The average molecular weight is 311 g/mol. The van der Waals surface area contributed by atoms with Gasteiger partial charge in [0.15, 0.2) is 15.7 Å². The molecule has 3 rings (SSSR count). The van der Waals surface area contributed by atoms with E-state index in [1.165, 1.54) is 16.8 Å². The Kier molecular flexibility index (Phi) is 3.36. The number of benzene rings is 1. The summed E-state index contributed by atoms with van der Waals surface area (Å²) >= 11 is 0. The maximum Gasteiger partial charge on any atom is 0.182 e. The molecular formula is C12H14FN5O2S. The smallest absolute Gasteiger partial charge is 0.182 e. The Morgan fingerprint density at radius 1 is 1.38 bits per heavy atom. The molecule has 1 aromatic heterocycles. The monoisotopic (exact) mass is 311 g/mol. The summed E-state index contributed by atoms with van der Waals surface area (Å²) in [5.41, 5.74) is 6.29. The van der Waals surface area contributed by atoms with Gasteiger partial charge < -0.3 is 5.73 Å². The van der Waals surface area contributed by atoms with Crippen molar-refractivity contribution in [1.29, 1.82) is 0 Å². The van der Waals surface area contributed by atoms with Crippen molar-refractivity contribution in [3.05, 3.63) is 24.0 Å². The minimum atomic E-state index is -3.09. The molecule has 1 aliphatic heterocycles. The van der Waals surface area contributed by atoms with E-state index >= 15 is 0 Å². The third kappa shape index (κ3) is 2.73. The van der Waals surface area contributed by atoms with Crippen LogP contribution in [0, 0.1) is 5.82 Å². The number of hydrogen-bond donors (Lipinski definition) is 1. The van der Waals surface area contributed by atoms with Gasteiger partial charge in [0.2, 0.25) is 0 Å². The number of aromatic nitrogens is 4. The highest BCUT2D eigenvalue weighted by Gasteiger charge is 2.32. The Balaban J connectivity index is 1.94. The van der Waals surface area contributed by atoms with Crippen molar-refractivity contribution in [1.82, 2.24) is 20.2 Å². The van der Waals surface area contributed by atoms with Gasteiger partial charge in [-0.15, -0.1) is 5.10 Å². The summed E-state index contributed by atoms with van der Waals surface area (Å²) in [6.45, 7) is 0.168. The lowest BCUT2D eigenvalue weighted by Gasteiger charge is -2.10. The molecule has 0 bridgehead atoms. The highest BCUT2D eigenvalue weighted by molar-refractivity contribution is 7.92. The fraction of sp³-hybridized carbons (Fsp3) is 0.417. The van der Waals surface area contributed by atoms with E-state index in [-0.39, 0.29) is 18.0 Å². The van der Waals surface area contributed by atoms with Crippen LogP contribution < -0.4 is 5.73 Å². The summed E-state index contributed by atoms with van der Waals surface area (Å²) in [7, 11) is -3.09. The van der Waals surface area contributed by atoms with Gasteiger partial charge in [0, 0.05) is 11.3 Å². The molecule has 2 N–H and O–H groups in total. The first kappa shape index (κ1) is 13.9. The zero-order valence-corrected chi connectivity index (χ0v) is 11.9. The fourth-order valence-corrected chi connectivity index (χ4v) is 4.33. The quantitative estimate of drug-likeness (QED) is 0.834. The predicted molar refractivity (Wildman–Crippen MR) is 74.4 cm³/mol. The molecule has 1 unspecified atom stereocenters. The number of tetrazole rings is 1. The maximum absolute atomic E-state index is 13.4. The van der Waals surface area contributed by atoms with E-state index < -0.39 is 20.9 Å². The number of sulfone groups is 1. The summed E-state index contributed by atoms with van der Waals surface area (Å²) in [6.07, 6.45) is 1.24. The molecule has 1 saturated heterocycles. The normalized spacial score (nSPS) is 20.7. The zero-order chi connectivity index (χ0) is 15.0. The number of hydrogen-bond acceptors (Lipinski definition) is 6. The van der Waals surface area contributed by atoms with Crippen LogP contribution in [0.4, 0.5) is 10.1 Å². The molecule has 1 atom stereocenters. The number of halogens is 1. The molecule has 0 aliphatic carbocycles. The minimum Gasteiger partial charge on any atom is -0.399 e. The van der Waals surface area contributed by atoms with E-state index in [1.54, 1.807) is 6.07 Å². The van der Waals surface area contributed by atoms with E-state index in [2.05, 4.69) is 15.5 Å². The van der Waals surface area contributed by atoms with Crippen LogP contribution in [0.2, 0.25) is 0 Å². The molecule has 1 aromatic carbocycles. The average Bonchev–Trinajstić information content (AvgIpc) is 2.96. The van der Waals surface area contributed by atoms with Crippen molar-refractivity contribution in [3.8, 4) is 11.4 Å². The van der Waals surface area contributed by atoms with Gasteiger partial charge >= 0.3 is 0 Å². The van der Waals surface area contributed by atoms with Crippen LogP contribution in [0.5, 0.6) is 0 Å². The maximum atomic E-state index is 13.4. The number of nitrogens with zero attached hydrogens (tertiary/aromatic N) is 4. The lowest BCUT2D eigenvalue weighted by molar-refractivity contribution is 0.534. The third-order valence-electron chi connectivity index (χ3n) is 3.55. The van der Waals surface area contributed by atoms with Crippen LogP contribution in [0.15, 0.2) is 18.2 Å². The topological polar surface area (TPSA) is 104 Å². The van der Waals surface area contributed by atoms with Gasteiger partial charge in [0.05, 0.1) is 17.5 Å². The zero-order valence-electron chi connectivity index (χ0n) is 11.1. The van der Waals surface area contributed by atoms with E-state index in [0.29, 0.717) is 24.2 Å². The van der Waals surface area contributed by atoms with Gasteiger partial charge in [-0.1, -0.05) is 0 Å². The van der Waals surface area contributed by atoms with Crippen molar-refractivity contribution in [2.24, 2.45) is 0 Å². The lowest BCUT2D eigenvalue weighted by atomic mass is 10.2. The largest absolute Gasteiger partial charge is 0.399 e. The predicted octanol–water partition coefficient (Wildman–Crippen LogP) is 0.639. The highest BCUT2D eigenvalue weighted by Crippen LogP contribution is 2.25. The minimum absolute atomic E-state index is 0.168. The summed E-state index contributed by atoms with van der Waals surface area (Å²) in [4.78, 5) is 0. The molecule has 0 spiro atoms. The summed E-state index contributed by atoms with van der Waals surface area (Å²) in [6, 6.07) is 4.01. The first-order valence-corrected chi connectivity index (χ1v) is 8.21. The molecule has 7 nitrogen and oxygen atoms in total. The van der Waals surface area contributed by atoms with Crippen molar-refractivity contribution >= 4 is 15.5 Å². The van der Waals surface area contributed by atoms with Crippen LogP contribution in [-0.2, 0) is 16.4 Å². The van der Waals surface area contributed by atoms with Gasteiger partial charge in [-0.05, 0) is 41.5 Å². The number of nitrogen functional groups attached to an aromatic ring is 1. The van der Waals surface area contributed by atoms with Crippen molar-refractivity contribution in [2.45, 2.75) is 24.6 Å². The SMILES string of the molecule is Nc1cc(F)cc(-c2nnnn2CC2CCCS2(=O)=O)c1. The van der Waals surface area contributed by atoms with E-state index in [1.807, 2.05) is 0 Å². The van der Waals surface area contributed by atoms with Crippen LogP contribution in [0.25, 0.3) is 11.4 Å². The molecule has 0 radical (unpaired) electrons. The Morgan fingerprint density at radius 3 is 2.86 bits per heavy atom. The van der Waals surface area contributed by atoms with Gasteiger partial charge in [0.1, 0.15) is 5.82 Å². The van der Waals surface area contributed by atoms with Crippen molar-refractivity contribution in [3.63, 3.8) is 0 Å². The Hall–Kier alpha value is -2.03. The Labute approximate surface area is 120 Å². The molecule has 2 heterocycles. The second-order valence-electron chi connectivity index (χ2n) is 5.09. The highest BCUT2D eigenvalue weighted by atomic mass is 32.2. The van der Waals surface area contributed by atoms with Crippen molar-refractivity contribution in [2.75, 3.05) is 11.5 Å². The molecule has 1 fully saturated rings. The van der Waals surface area contributed by atoms with Gasteiger partial charge in [-0.25, -0.2) is 17.5 Å². The molecule has 1 aliphatic rings. The third-order valence-corrected chi connectivity index (χ3v) is 5.81. The first-order valence-electron chi connectivity index (χ1n) is 6.50. The summed E-state index contributed by atoms with van der Waals surface area (Å²) < 4.78 is 38.6. The molecule has 2 aromatic rings. The Bertz CT molecular complexity index is 753. The molecule has 112 valence electrons. The van der Waals surface area contributed by atoms with E-state index in [4.69, 9.17) is 5.73 Å². The molecular weight excluding hydrogens is 297 g/mol. The summed E-state index contributed by atoms with van der Waals surface area (Å²) in [5.74, 6) is 0.0125. The lowest BCUT2D eigenvalue weighted by Crippen LogP contribution is -2.23. The molecule has 9 heteroatoms. The van der Waals surface area contributed by atoms with Gasteiger partial charge in [0.25, 0.3) is 0 Å². The van der Waals surface area contributed by atoms with Crippen LogP contribution in [0.1, 0.15) is 12.8 Å². The van der Waals surface area contributed by atoms with Crippen LogP contribution in [-0.4, -0.2) is 39.6 Å². The second kappa shape index (κ2) is 5.06. The van der Waals surface area contributed by atoms with Crippen molar-refractivity contribution < 1.29 is 12.8 Å². The number of anilines is 1. The second-order valence-corrected chi connectivity index (χ2v) is 7.49. The summed E-state index contributed by atoms with van der Waals surface area (Å²) in [5, 5.41) is 10.7. The van der Waals surface area contributed by atoms with Crippen LogP contribution in [0.3, 0.4) is 0 Å². The molecule has 21 heavy (non-hydrogen) atoms. The van der Waals surface area contributed by atoms with Crippen LogP contribution >= 0.6 is 0 Å². The van der Waals surface area contributed by atoms with Gasteiger partial charge in [-0.2, -0.15) is 0 Å². The molecule has 0 amide bonds.